The van der Waals surface area contributed by atoms with Gasteiger partial charge in [0.2, 0.25) is 5.43 Å². The summed E-state index contributed by atoms with van der Waals surface area (Å²) < 4.78 is 41.4. The Balaban J connectivity index is 1.94. The molecule has 0 aliphatic heterocycles. The number of nitrogens with zero attached hydrogens (tertiary/aromatic N) is 3. The Hall–Kier alpha value is -4.30. The summed E-state index contributed by atoms with van der Waals surface area (Å²) in [5, 5.41) is 25.1. The van der Waals surface area contributed by atoms with Gasteiger partial charge in [0.25, 0.3) is 0 Å². The highest BCUT2D eigenvalue weighted by atomic mass is 32.1. The van der Waals surface area contributed by atoms with E-state index in [4.69, 9.17) is 0 Å². The molecular formula is C25H22F3N5O5S. The van der Waals surface area contributed by atoms with Gasteiger partial charge in [-0.05, 0) is 37.6 Å². The molecule has 3 aromatic heterocycles. The summed E-state index contributed by atoms with van der Waals surface area (Å²) in [5.74, 6) is -1.40. The van der Waals surface area contributed by atoms with E-state index >= 15 is 0 Å². The molecule has 0 aliphatic carbocycles. The van der Waals surface area contributed by atoms with E-state index in [1.165, 1.54) is 22.9 Å². The summed E-state index contributed by atoms with van der Waals surface area (Å²) in [6.45, 7) is 3.37. The number of hydrogen-bond donors (Lipinski definition) is 4. The predicted molar refractivity (Wildman–Crippen MR) is 139 cm³/mol. The molecule has 0 aliphatic rings. The first kappa shape index (κ1) is 27.7. The Bertz CT molecular complexity index is 1630. The minimum atomic E-state index is -4.67. The van der Waals surface area contributed by atoms with Crippen LogP contribution in [0.25, 0.3) is 32.6 Å². The van der Waals surface area contributed by atoms with Gasteiger partial charge in [0.05, 0.1) is 18.2 Å². The molecule has 0 unspecified atom stereocenters. The van der Waals surface area contributed by atoms with Crippen LogP contribution in [0.3, 0.4) is 0 Å². The number of aromatic nitrogens is 3. The van der Waals surface area contributed by atoms with Gasteiger partial charge in [-0.2, -0.15) is 13.2 Å². The topological polar surface area (TPSA) is 146 Å². The zero-order chi connectivity index (χ0) is 28.5. The number of rotatable bonds is 7. The Morgan fingerprint density at radius 3 is 2.56 bits per heavy atom. The summed E-state index contributed by atoms with van der Waals surface area (Å²) in [5.41, 5.74) is -1.16. The standard InChI is InChI=1S/C25H22F3N5O5S/c1-3-29-24(38)32-20-7-14(22-31-19(11-39-22)25(26,27)28)16(8-30-20)13-4-5-18-15(6-13)21(35)17(23(36)37)9-33(18)12(2)10-34/h4-9,11-12,34H,3,10H2,1-2H3,(H,36,37)(H2,29,30,32,38)/t12-/m1/s1. The third-order valence-corrected chi connectivity index (χ3v) is 6.70. The molecule has 0 spiro atoms. The molecule has 14 heteroatoms. The molecule has 0 fully saturated rings. The maximum atomic E-state index is 13.3. The van der Waals surface area contributed by atoms with Crippen LogP contribution in [0.5, 0.6) is 0 Å². The lowest BCUT2D eigenvalue weighted by molar-refractivity contribution is -0.140. The van der Waals surface area contributed by atoms with Crippen molar-refractivity contribution >= 4 is 40.1 Å². The van der Waals surface area contributed by atoms with Crippen molar-refractivity contribution < 1.29 is 33.0 Å². The van der Waals surface area contributed by atoms with Crippen LogP contribution < -0.4 is 16.1 Å². The fourth-order valence-electron chi connectivity index (χ4n) is 3.91. The summed E-state index contributed by atoms with van der Waals surface area (Å²) in [6.07, 6.45) is -2.19. The van der Waals surface area contributed by atoms with Gasteiger partial charge in [0.1, 0.15) is 16.4 Å². The van der Waals surface area contributed by atoms with E-state index in [0.29, 0.717) is 23.2 Å². The Morgan fingerprint density at radius 2 is 1.95 bits per heavy atom. The number of thiazole rings is 1. The van der Waals surface area contributed by atoms with Crippen molar-refractivity contribution in [1.29, 1.82) is 0 Å². The lowest BCUT2D eigenvalue weighted by Crippen LogP contribution is -2.28. The first-order chi connectivity index (χ1) is 18.4. The monoisotopic (exact) mass is 561 g/mol. The summed E-state index contributed by atoms with van der Waals surface area (Å²) in [4.78, 5) is 44.7. The second-order valence-electron chi connectivity index (χ2n) is 8.48. The van der Waals surface area contributed by atoms with E-state index in [1.54, 1.807) is 26.0 Å². The van der Waals surface area contributed by atoms with E-state index in [2.05, 4.69) is 20.6 Å². The van der Waals surface area contributed by atoms with E-state index in [1.807, 2.05) is 0 Å². The highest BCUT2D eigenvalue weighted by molar-refractivity contribution is 7.13. The third-order valence-electron chi connectivity index (χ3n) is 5.82. The maximum Gasteiger partial charge on any atom is 0.434 e. The van der Waals surface area contributed by atoms with Crippen LogP contribution in [0.1, 0.15) is 35.9 Å². The van der Waals surface area contributed by atoms with E-state index in [-0.39, 0.29) is 28.4 Å². The number of aliphatic hydroxyl groups excluding tert-OH is 1. The number of aromatic carboxylic acids is 1. The quantitative estimate of drug-likeness (QED) is 0.258. The van der Waals surface area contributed by atoms with Gasteiger partial charge in [-0.25, -0.2) is 19.6 Å². The lowest BCUT2D eigenvalue weighted by Gasteiger charge is -2.18. The number of halogens is 3. The summed E-state index contributed by atoms with van der Waals surface area (Å²) >= 11 is 0.740. The summed E-state index contributed by atoms with van der Waals surface area (Å²) in [6, 6.07) is 4.82. The number of pyridine rings is 2. The Kier molecular flexibility index (Phi) is 7.70. The van der Waals surface area contributed by atoms with E-state index in [0.717, 1.165) is 22.9 Å². The number of fused-ring (bicyclic) bond motifs is 1. The first-order valence-electron chi connectivity index (χ1n) is 11.6. The number of urea groups is 1. The normalized spacial score (nSPS) is 12.4. The molecule has 3 heterocycles. The minimum absolute atomic E-state index is 0.00984. The number of anilines is 1. The number of amides is 2. The van der Waals surface area contributed by atoms with Crippen molar-refractivity contribution in [1.82, 2.24) is 19.9 Å². The number of carboxylic acids is 1. The number of carbonyl (C=O) groups excluding carboxylic acids is 1. The van der Waals surface area contributed by atoms with E-state index in [9.17, 15) is 37.8 Å². The number of carbonyl (C=O) groups is 2. The molecule has 4 rings (SSSR count). The average Bonchev–Trinajstić information content (AvgIpc) is 3.39. The van der Waals surface area contributed by atoms with Gasteiger partial charge < -0.3 is 20.1 Å². The number of alkyl halides is 3. The third kappa shape index (κ3) is 5.61. The summed E-state index contributed by atoms with van der Waals surface area (Å²) in [7, 11) is 0. The van der Waals surface area contributed by atoms with E-state index < -0.39 is 40.9 Å². The van der Waals surface area contributed by atoms with Gasteiger partial charge in [-0.15, -0.1) is 11.3 Å². The number of hydrogen-bond acceptors (Lipinski definition) is 7. The smallest absolute Gasteiger partial charge is 0.434 e. The zero-order valence-corrected chi connectivity index (χ0v) is 21.4. The molecular weight excluding hydrogens is 539 g/mol. The molecule has 204 valence electrons. The fraction of sp³-hybridized carbons (Fsp3) is 0.240. The van der Waals surface area contributed by atoms with Crippen LogP contribution in [0, 0.1) is 0 Å². The second-order valence-corrected chi connectivity index (χ2v) is 9.34. The zero-order valence-electron chi connectivity index (χ0n) is 20.5. The molecule has 2 amide bonds. The van der Waals surface area contributed by atoms with Crippen LogP contribution in [0.2, 0.25) is 0 Å². The number of benzene rings is 1. The molecule has 10 nitrogen and oxygen atoms in total. The van der Waals surface area contributed by atoms with Gasteiger partial charge in [0, 0.05) is 40.8 Å². The number of carboxylic acid groups (broad SMARTS) is 1. The van der Waals surface area contributed by atoms with Gasteiger partial charge >= 0.3 is 18.2 Å². The highest BCUT2D eigenvalue weighted by Crippen LogP contribution is 2.39. The molecule has 1 atom stereocenters. The first-order valence-corrected chi connectivity index (χ1v) is 12.4. The molecule has 39 heavy (non-hydrogen) atoms. The average molecular weight is 562 g/mol. The molecule has 0 bridgehead atoms. The van der Waals surface area contributed by atoms with Gasteiger partial charge in [-0.1, -0.05) is 6.07 Å². The molecule has 4 aromatic rings. The van der Waals surface area contributed by atoms with Crippen molar-refractivity contribution in [3.8, 4) is 21.7 Å². The van der Waals surface area contributed by atoms with Crippen molar-refractivity contribution in [3.05, 3.63) is 63.5 Å². The van der Waals surface area contributed by atoms with Crippen LogP contribution in [0.4, 0.5) is 23.8 Å². The Morgan fingerprint density at radius 1 is 1.21 bits per heavy atom. The molecule has 4 N–H and O–H groups in total. The largest absolute Gasteiger partial charge is 0.477 e. The molecule has 0 saturated heterocycles. The second kappa shape index (κ2) is 10.8. The lowest BCUT2D eigenvalue weighted by atomic mass is 9.99. The van der Waals surface area contributed by atoms with Crippen LogP contribution in [0.15, 0.2) is 46.8 Å². The van der Waals surface area contributed by atoms with Crippen LogP contribution in [-0.2, 0) is 6.18 Å². The minimum Gasteiger partial charge on any atom is -0.477 e. The molecule has 0 saturated carbocycles. The van der Waals surface area contributed by atoms with Crippen molar-refractivity contribution in [3.63, 3.8) is 0 Å². The van der Waals surface area contributed by atoms with Crippen LogP contribution >= 0.6 is 11.3 Å². The van der Waals surface area contributed by atoms with Crippen LogP contribution in [-0.4, -0.2) is 49.9 Å². The highest BCUT2D eigenvalue weighted by Gasteiger charge is 2.34. The number of nitrogens with one attached hydrogen (secondary N) is 2. The van der Waals surface area contributed by atoms with Gasteiger partial charge in [-0.3, -0.25) is 10.1 Å². The Labute approximate surface area is 222 Å². The SMILES string of the molecule is CCNC(=O)Nc1cc(-c2nc(C(F)(F)F)cs2)c(-c2ccc3c(c2)c(=O)c(C(=O)O)cn3[C@H](C)CO)cn1. The fourth-order valence-corrected chi connectivity index (χ4v) is 4.76. The van der Waals surface area contributed by atoms with Gasteiger partial charge in [0.15, 0.2) is 5.69 Å². The van der Waals surface area contributed by atoms with Crippen molar-refractivity contribution in [2.45, 2.75) is 26.1 Å². The van der Waals surface area contributed by atoms with Crippen molar-refractivity contribution in [2.24, 2.45) is 0 Å². The molecule has 0 radical (unpaired) electrons. The van der Waals surface area contributed by atoms with Crippen molar-refractivity contribution in [2.75, 3.05) is 18.5 Å². The maximum absolute atomic E-state index is 13.3. The number of aliphatic hydroxyl groups is 1. The predicted octanol–water partition coefficient (Wildman–Crippen LogP) is 4.60. The molecule has 1 aromatic carbocycles.